The normalized spacial score (nSPS) is 23.8. The molecule has 19 heavy (non-hydrogen) atoms. The number of carbonyl (C=O) groups is 2. The van der Waals surface area contributed by atoms with E-state index in [0.29, 0.717) is 12.2 Å². The Morgan fingerprint density at radius 2 is 2.05 bits per heavy atom. The van der Waals surface area contributed by atoms with Crippen molar-refractivity contribution in [3.05, 3.63) is 11.6 Å². The van der Waals surface area contributed by atoms with E-state index in [2.05, 4.69) is 15.3 Å². The summed E-state index contributed by atoms with van der Waals surface area (Å²) in [6.45, 7) is 5.47. The standard InChI is InChI=1S/C12H15N5O2/c1-6-4-10(18)16(12(6)19)8(3)11-14-13-9-5-7(2)15-17(9)11/h6,8H,4-5H2,1-3H3. The van der Waals surface area contributed by atoms with Crippen molar-refractivity contribution in [2.45, 2.75) is 39.7 Å². The molecular formula is C12H15N5O2. The van der Waals surface area contributed by atoms with Gasteiger partial charge in [-0.1, -0.05) is 6.92 Å². The van der Waals surface area contributed by atoms with Gasteiger partial charge in [-0.15, -0.1) is 10.2 Å². The largest absolute Gasteiger partial charge is 0.274 e. The summed E-state index contributed by atoms with van der Waals surface area (Å²) in [7, 11) is 0. The van der Waals surface area contributed by atoms with Gasteiger partial charge in [-0.05, 0) is 13.8 Å². The number of amides is 2. The fourth-order valence-electron chi connectivity index (χ4n) is 2.57. The molecular weight excluding hydrogens is 246 g/mol. The van der Waals surface area contributed by atoms with E-state index in [9.17, 15) is 9.59 Å². The van der Waals surface area contributed by atoms with E-state index < -0.39 is 6.04 Å². The third-order valence-corrected chi connectivity index (χ3v) is 3.58. The molecule has 2 atom stereocenters. The predicted molar refractivity (Wildman–Crippen MR) is 66.3 cm³/mol. The summed E-state index contributed by atoms with van der Waals surface area (Å²) in [6.07, 6.45) is 0.935. The van der Waals surface area contributed by atoms with Crippen LogP contribution in [0.25, 0.3) is 0 Å². The second-order valence-corrected chi connectivity index (χ2v) is 5.18. The first kappa shape index (κ1) is 12.0. The molecule has 0 N–H and O–H groups in total. The van der Waals surface area contributed by atoms with Gasteiger partial charge in [0.05, 0.1) is 6.04 Å². The third-order valence-electron chi connectivity index (χ3n) is 3.58. The smallest absolute Gasteiger partial charge is 0.233 e. The Kier molecular flexibility index (Phi) is 2.51. The van der Waals surface area contributed by atoms with Gasteiger partial charge in [-0.3, -0.25) is 14.5 Å². The zero-order valence-electron chi connectivity index (χ0n) is 11.1. The van der Waals surface area contributed by atoms with Crippen LogP contribution in [0.1, 0.15) is 44.9 Å². The number of hydrogen-bond donors (Lipinski definition) is 0. The molecule has 2 aliphatic heterocycles. The molecule has 100 valence electrons. The van der Waals surface area contributed by atoms with Gasteiger partial charge in [0, 0.05) is 24.5 Å². The van der Waals surface area contributed by atoms with E-state index in [0.717, 1.165) is 11.5 Å². The molecule has 1 aromatic heterocycles. The highest BCUT2D eigenvalue weighted by Gasteiger charge is 2.41. The minimum atomic E-state index is -0.430. The molecule has 0 bridgehead atoms. The number of likely N-dealkylation sites (tertiary alicyclic amines) is 1. The molecule has 0 saturated carbocycles. The van der Waals surface area contributed by atoms with E-state index in [1.807, 2.05) is 6.92 Å². The van der Waals surface area contributed by atoms with Gasteiger partial charge in [0.15, 0.2) is 11.6 Å². The number of hydrogen-bond acceptors (Lipinski definition) is 5. The number of fused-ring (bicyclic) bond motifs is 1. The molecule has 1 aromatic rings. The van der Waals surface area contributed by atoms with Crippen molar-refractivity contribution in [3.63, 3.8) is 0 Å². The van der Waals surface area contributed by atoms with Crippen LogP contribution in [0.4, 0.5) is 0 Å². The van der Waals surface area contributed by atoms with Crippen LogP contribution in [-0.4, -0.2) is 37.3 Å². The van der Waals surface area contributed by atoms with E-state index in [1.165, 1.54) is 4.90 Å². The van der Waals surface area contributed by atoms with Crippen LogP contribution < -0.4 is 0 Å². The highest BCUT2D eigenvalue weighted by Crippen LogP contribution is 2.29. The summed E-state index contributed by atoms with van der Waals surface area (Å²) in [6, 6.07) is -0.430. The molecule has 0 aliphatic carbocycles. The van der Waals surface area contributed by atoms with E-state index >= 15 is 0 Å². The Labute approximate surface area is 110 Å². The summed E-state index contributed by atoms with van der Waals surface area (Å²) in [5, 5.41) is 12.5. The first-order valence-electron chi connectivity index (χ1n) is 6.33. The quantitative estimate of drug-likeness (QED) is 0.727. The SMILES string of the molecule is CC1=Nn2c(nnc2C(C)N2C(=O)CC(C)C2=O)C1. The van der Waals surface area contributed by atoms with Crippen LogP contribution in [-0.2, 0) is 16.0 Å². The van der Waals surface area contributed by atoms with Crippen molar-refractivity contribution >= 4 is 17.5 Å². The van der Waals surface area contributed by atoms with Crippen LogP contribution >= 0.6 is 0 Å². The van der Waals surface area contributed by atoms with Crippen molar-refractivity contribution < 1.29 is 9.59 Å². The fraction of sp³-hybridized carbons (Fsp3) is 0.583. The zero-order valence-corrected chi connectivity index (χ0v) is 11.1. The van der Waals surface area contributed by atoms with Gasteiger partial charge in [-0.25, -0.2) is 0 Å². The summed E-state index contributed by atoms with van der Waals surface area (Å²) in [5.74, 6) is 0.755. The molecule has 7 nitrogen and oxygen atoms in total. The molecule has 2 aliphatic rings. The summed E-state index contributed by atoms with van der Waals surface area (Å²) >= 11 is 0. The van der Waals surface area contributed by atoms with Gasteiger partial charge in [0.2, 0.25) is 11.8 Å². The highest BCUT2D eigenvalue weighted by atomic mass is 16.2. The lowest BCUT2D eigenvalue weighted by Gasteiger charge is -2.21. The van der Waals surface area contributed by atoms with Crippen LogP contribution in [0.15, 0.2) is 5.10 Å². The summed E-state index contributed by atoms with van der Waals surface area (Å²) in [5.41, 5.74) is 0.950. The maximum Gasteiger partial charge on any atom is 0.233 e. The number of aromatic nitrogens is 3. The predicted octanol–water partition coefficient (Wildman–Crippen LogP) is 0.514. The minimum Gasteiger partial charge on any atom is -0.274 e. The fourth-order valence-corrected chi connectivity index (χ4v) is 2.57. The molecule has 1 saturated heterocycles. The molecule has 3 rings (SSSR count). The molecule has 7 heteroatoms. The minimum absolute atomic E-state index is 0.145. The topological polar surface area (TPSA) is 80.5 Å². The van der Waals surface area contributed by atoms with Crippen molar-refractivity contribution in [1.82, 2.24) is 19.8 Å². The maximum absolute atomic E-state index is 12.0. The van der Waals surface area contributed by atoms with Crippen molar-refractivity contribution in [2.75, 3.05) is 0 Å². The molecule has 0 spiro atoms. The molecule has 1 fully saturated rings. The molecule has 2 amide bonds. The molecule has 0 aromatic carbocycles. The molecule has 3 heterocycles. The van der Waals surface area contributed by atoms with Gasteiger partial charge < -0.3 is 0 Å². The van der Waals surface area contributed by atoms with E-state index in [4.69, 9.17) is 0 Å². The van der Waals surface area contributed by atoms with E-state index in [-0.39, 0.29) is 24.2 Å². The Bertz CT molecular complexity index is 603. The number of imide groups is 1. The van der Waals surface area contributed by atoms with Crippen LogP contribution in [0, 0.1) is 5.92 Å². The molecule has 2 unspecified atom stereocenters. The first-order chi connectivity index (χ1) is 8.99. The van der Waals surface area contributed by atoms with Gasteiger partial charge in [-0.2, -0.15) is 9.78 Å². The van der Waals surface area contributed by atoms with Crippen molar-refractivity contribution in [2.24, 2.45) is 11.0 Å². The van der Waals surface area contributed by atoms with Crippen molar-refractivity contribution in [1.29, 1.82) is 0 Å². The molecule has 0 radical (unpaired) electrons. The second-order valence-electron chi connectivity index (χ2n) is 5.18. The third kappa shape index (κ3) is 1.68. The lowest BCUT2D eigenvalue weighted by atomic mass is 10.1. The number of carbonyl (C=O) groups excluding carboxylic acids is 2. The average molecular weight is 261 g/mol. The Hall–Kier alpha value is -2.05. The zero-order chi connectivity index (χ0) is 13.7. The van der Waals surface area contributed by atoms with E-state index in [1.54, 1.807) is 18.5 Å². The summed E-state index contributed by atoms with van der Waals surface area (Å²) in [4.78, 5) is 25.2. The first-order valence-corrected chi connectivity index (χ1v) is 6.33. The Balaban J connectivity index is 1.96. The number of rotatable bonds is 2. The highest BCUT2D eigenvalue weighted by molar-refractivity contribution is 6.03. The maximum atomic E-state index is 12.0. The lowest BCUT2D eigenvalue weighted by Crippen LogP contribution is -2.34. The number of nitrogens with zero attached hydrogens (tertiary/aromatic N) is 5. The lowest BCUT2D eigenvalue weighted by molar-refractivity contribution is -0.142. The Morgan fingerprint density at radius 1 is 1.32 bits per heavy atom. The summed E-state index contributed by atoms with van der Waals surface area (Å²) < 4.78 is 1.64. The van der Waals surface area contributed by atoms with Crippen LogP contribution in [0.5, 0.6) is 0 Å². The van der Waals surface area contributed by atoms with Gasteiger partial charge in [0.25, 0.3) is 0 Å². The van der Waals surface area contributed by atoms with Gasteiger partial charge >= 0.3 is 0 Å². The Morgan fingerprint density at radius 3 is 2.68 bits per heavy atom. The average Bonchev–Trinajstić information content (AvgIpc) is 2.93. The van der Waals surface area contributed by atoms with Crippen molar-refractivity contribution in [3.8, 4) is 0 Å². The van der Waals surface area contributed by atoms with Crippen LogP contribution in [0.3, 0.4) is 0 Å². The van der Waals surface area contributed by atoms with Gasteiger partial charge in [0.1, 0.15) is 0 Å². The van der Waals surface area contributed by atoms with Crippen LogP contribution in [0.2, 0.25) is 0 Å². The second kappa shape index (κ2) is 3.97. The monoisotopic (exact) mass is 261 g/mol.